The Morgan fingerprint density at radius 3 is 2.27 bits per heavy atom. The number of H-pyrrole nitrogens is 1. The van der Waals surface area contributed by atoms with E-state index in [4.69, 9.17) is 4.74 Å². The molecule has 0 aliphatic heterocycles. The Morgan fingerprint density at radius 2 is 1.81 bits per heavy atom. The van der Waals surface area contributed by atoms with Crippen molar-refractivity contribution in [2.45, 2.75) is 53.1 Å². The number of aryl methyl sites for hydroxylation is 1. The third-order valence-electron chi connectivity index (χ3n) is 4.95. The summed E-state index contributed by atoms with van der Waals surface area (Å²) in [5, 5.41) is 2.09. The van der Waals surface area contributed by atoms with Gasteiger partial charge in [-0.3, -0.25) is 9.59 Å². The molecule has 5 nitrogen and oxygen atoms in total. The van der Waals surface area contributed by atoms with Crippen LogP contribution in [-0.4, -0.2) is 29.7 Å². The van der Waals surface area contributed by atoms with E-state index in [1.54, 1.807) is 7.11 Å². The maximum atomic E-state index is 12.9. The number of nitrogens with one attached hydrogen (secondary N) is 1. The Bertz CT molecular complexity index is 790. The van der Waals surface area contributed by atoms with Gasteiger partial charge in [-0.1, -0.05) is 6.92 Å². The number of Topliss-reactive ketones (excluding diaryl/α,β-unsaturated/α-hetero) is 2. The van der Waals surface area contributed by atoms with Gasteiger partial charge in [-0.15, -0.1) is 0 Å². The first-order valence-electron chi connectivity index (χ1n) is 9.03. The van der Waals surface area contributed by atoms with E-state index in [1.165, 1.54) is 6.92 Å². The smallest absolute Gasteiger partial charge is 0.235 e. The van der Waals surface area contributed by atoms with Gasteiger partial charge in [0.2, 0.25) is 5.78 Å². The van der Waals surface area contributed by atoms with Crippen LogP contribution in [0.25, 0.3) is 0 Å². The lowest BCUT2D eigenvalue weighted by atomic mass is 10.00. The zero-order valence-corrected chi connectivity index (χ0v) is 16.5. The number of ether oxygens (including phenoxy) is 1. The molecule has 5 heteroatoms. The van der Waals surface area contributed by atoms with Crippen molar-refractivity contribution in [1.82, 2.24) is 4.98 Å². The zero-order valence-electron chi connectivity index (χ0n) is 16.5. The van der Waals surface area contributed by atoms with Gasteiger partial charge in [0.05, 0.1) is 12.8 Å². The summed E-state index contributed by atoms with van der Waals surface area (Å²) in [5.41, 5.74) is 3.84. The lowest BCUT2D eigenvalue weighted by Gasteiger charge is -2.19. The summed E-state index contributed by atoms with van der Waals surface area (Å²) in [6, 6.07) is 7.89. The molecule has 1 aromatic carbocycles. The first kappa shape index (κ1) is 19.9. The van der Waals surface area contributed by atoms with Gasteiger partial charge in [0.25, 0.3) is 0 Å². The normalized spacial score (nSPS) is 13.3. The number of methoxy groups -OCH3 is 1. The molecule has 3 N–H and O–H groups in total. The molecule has 26 heavy (non-hydrogen) atoms. The zero-order chi connectivity index (χ0) is 19.4. The molecule has 0 saturated heterocycles. The Kier molecular flexibility index (Phi) is 6.37. The molecule has 0 aliphatic rings. The van der Waals surface area contributed by atoms with Crippen LogP contribution in [0.5, 0.6) is 5.75 Å². The molecule has 0 unspecified atom stereocenters. The molecule has 0 bridgehead atoms. The van der Waals surface area contributed by atoms with Gasteiger partial charge in [0.1, 0.15) is 17.8 Å². The lowest BCUT2D eigenvalue weighted by molar-refractivity contribution is -0.712. The Labute approximate surface area is 155 Å². The van der Waals surface area contributed by atoms with Crippen LogP contribution in [0.1, 0.15) is 70.9 Å². The number of carbonyl (C=O) groups is 2. The van der Waals surface area contributed by atoms with Crippen molar-refractivity contribution < 1.29 is 19.6 Å². The van der Waals surface area contributed by atoms with E-state index in [9.17, 15) is 9.59 Å². The molecular weight excluding hydrogens is 328 g/mol. The third kappa shape index (κ3) is 4.05. The molecule has 0 fully saturated rings. The highest BCUT2D eigenvalue weighted by Crippen LogP contribution is 2.20. The van der Waals surface area contributed by atoms with Crippen LogP contribution in [0, 0.1) is 13.8 Å². The van der Waals surface area contributed by atoms with Crippen LogP contribution in [0.3, 0.4) is 0 Å². The predicted octanol–water partition coefficient (Wildman–Crippen LogP) is 3.13. The van der Waals surface area contributed by atoms with Crippen molar-refractivity contribution in [1.29, 1.82) is 0 Å². The van der Waals surface area contributed by atoms with Gasteiger partial charge in [0.15, 0.2) is 5.78 Å². The third-order valence-corrected chi connectivity index (χ3v) is 4.95. The van der Waals surface area contributed by atoms with E-state index < -0.39 is 0 Å². The molecule has 0 saturated carbocycles. The van der Waals surface area contributed by atoms with Crippen molar-refractivity contribution in [2.24, 2.45) is 0 Å². The average molecular weight is 357 g/mol. The number of nitrogens with two attached hydrogens (primary N) is 1. The van der Waals surface area contributed by atoms with Crippen LogP contribution in [0.2, 0.25) is 0 Å². The van der Waals surface area contributed by atoms with Crippen LogP contribution in [0.4, 0.5) is 0 Å². The molecule has 140 valence electrons. The summed E-state index contributed by atoms with van der Waals surface area (Å²) in [4.78, 5) is 27.9. The molecule has 1 heterocycles. The van der Waals surface area contributed by atoms with Crippen molar-refractivity contribution >= 4 is 11.6 Å². The number of hydrogen-bond acceptors (Lipinski definition) is 3. The number of aromatic nitrogens is 1. The number of aromatic amines is 1. The van der Waals surface area contributed by atoms with Gasteiger partial charge >= 0.3 is 0 Å². The molecule has 0 spiro atoms. The first-order valence-corrected chi connectivity index (χ1v) is 9.03. The number of ketones is 2. The molecule has 0 radical (unpaired) electrons. The Hall–Kier alpha value is -2.40. The largest absolute Gasteiger partial charge is 0.497 e. The van der Waals surface area contributed by atoms with Gasteiger partial charge in [-0.25, -0.2) is 0 Å². The molecular formula is C21H29N2O3+. The number of hydrogen-bond donors (Lipinski definition) is 2. The summed E-state index contributed by atoms with van der Waals surface area (Å²) in [5.74, 6) is 0.823. The van der Waals surface area contributed by atoms with Gasteiger partial charge < -0.3 is 15.0 Å². The van der Waals surface area contributed by atoms with Crippen LogP contribution in [0.15, 0.2) is 24.3 Å². The monoisotopic (exact) mass is 357 g/mol. The highest BCUT2D eigenvalue weighted by Gasteiger charge is 2.27. The Morgan fingerprint density at radius 1 is 1.19 bits per heavy atom. The molecule has 2 atom stereocenters. The minimum absolute atomic E-state index is 0.0170. The average Bonchev–Trinajstić information content (AvgIpc) is 2.93. The standard InChI is InChI=1S/C21H28N2O3/c1-7-18(16-8-10-17(26-6)11-9-16)22-14(4)21(25)20-12(2)19(15(5)24)13(3)23-20/h8-11,14,18,22-23H,7H2,1-6H3/p+1/t14-,18+/m0/s1. The Balaban J connectivity index is 2.19. The van der Waals surface area contributed by atoms with Crippen LogP contribution < -0.4 is 10.1 Å². The first-order chi connectivity index (χ1) is 12.3. The quantitative estimate of drug-likeness (QED) is 0.713. The second-order valence-corrected chi connectivity index (χ2v) is 6.81. The minimum Gasteiger partial charge on any atom is -0.497 e. The van der Waals surface area contributed by atoms with E-state index in [0.29, 0.717) is 11.3 Å². The van der Waals surface area contributed by atoms with Crippen molar-refractivity contribution in [3.63, 3.8) is 0 Å². The fourth-order valence-corrected chi connectivity index (χ4v) is 3.52. The molecule has 1 aromatic heterocycles. The van der Waals surface area contributed by atoms with Gasteiger partial charge in [0, 0.05) is 23.2 Å². The maximum Gasteiger partial charge on any atom is 0.235 e. The maximum absolute atomic E-state index is 12.9. The van der Waals surface area contributed by atoms with Gasteiger partial charge in [-0.05, 0) is 57.5 Å². The minimum atomic E-state index is -0.251. The van der Waals surface area contributed by atoms with E-state index >= 15 is 0 Å². The topological polar surface area (TPSA) is 75.8 Å². The SMILES string of the molecule is CC[C@@H]([NH2+][C@@H](C)C(=O)c1[nH]c(C)c(C(C)=O)c1C)c1ccc(OC)cc1. The van der Waals surface area contributed by atoms with E-state index in [2.05, 4.69) is 17.2 Å². The van der Waals surface area contributed by atoms with E-state index in [0.717, 1.165) is 29.0 Å². The lowest BCUT2D eigenvalue weighted by Crippen LogP contribution is -2.91. The molecule has 0 aliphatic carbocycles. The summed E-state index contributed by atoms with van der Waals surface area (Å²) in [6.45, 7) is 9.23. The highest BCUT2D eigenvalue weighted by molar-refractivity contribution is 6.04. The fourth-order valence-electron chi connectivity index (χ4n) is 3.52. The summed E-state index contributed by atoms with van der Waals surface area (Å²) >= 11 is 0. The summed E-state index contributed by atoms with van der Waals surface area (Å²) in [7, 11) is 1.65. The van der Waals surface area contributed by atoms with Gasteiger partial charge in [-0.2, -0.15) is 0 Å². The van der Waals surface area contributed by atoms with Crippen LogP contribution in [-0.2, 0) is 0 Å². The van der Waals surface area contributed by atoms with Crippen molar-refractivity contribution in [2.75, 3.05) is 7.11 Å². The van der Waals surface area contributed by atoms with E-state index in [-0.39, 0.29) is 23.7 Å². The number of rotatable bonds is 8. The van der Waals surface area contributed by atoms with Crippen molar-refractivity contribution in [3.05, 3.63) is 52.3 Å². The fraction of sp³-hybridized carbons (Fsp3) is 0.429. The molecule has 0 amide bonds. The second kappa shape index (κ2) is 8.32. The molecule has 2 aromatic rings. The summed E-state index contributed by atoms with van der Waals surface area (Å²) < 4.78 is 5.21. The highest BCUT2D eigenvalue weighted by atomic mass is 16.5. The summed E-state index contributed by atoms with van der Waals surface area (Å²) in [6.07, 6.45) is 0.908. The second-order valence-electron chi connectivity index (χ2n) is 6.81. The number of quaternary nitrogens is 1. The van der Waals surface area contributed by atoms with E-state index in [1.807, 2.05) is 45.0 Å². The number of carbonyl (C=O) groups excluding carboxylic acids is 2. The predicted molar refractivity (Wildman–Crippen MR) is 102 cm³/mol. The number of benzene rings is 1. The van der Waals surface area contributed by atoms with Crippen LogP contribution >= 0.6 is 0 Å². The van der Waals surface area contributed by atoms with Crippen molar-refractivity contribution in [3.8, 4) is 5.75 Å². The molecule has 2 rings (SSSR count).